The van der Waals surface area contributed by atoms with Crippen LogP contribution in [0.3, 0.4) is 0 Å². The minimum absolute atomic E-state index is 0.226. The molecule has 1 aromatic heterocycles. The molecule has 1 amide bonds. The van der Waals surface area contributed by atoms with Gasteiger partial charge in [-0.3, -0.25) is 4.79 Å². The average molecular weight is 285 g/mol. The van der Waals surface area contributed by atoms with Crippen LogP contribution in [0, 0.1) is 5.92 Å². The Balaban J connectivity index is 2.25. The molecule has 7 heteroatoms. The predicted octanol–water partition coefficient (Wildman–Crippen LogP) is 0.647. The molecule has 1 aromatic rings. The molecule has 5 N–H and O–H groups in total. The van der Waals surface area contributed by atoms with Gasteiger partial charge in [0.05, 0.1) is 7.11 Å². The summed E-state index contributed by atoms with van der Waals surface area (Å²) >= 11 is 1.27. The van der Waals surface area contributed by atoms with E-state index in [4.69, 9.17) is 21.3 Å². The van der Waals surface area contributed by atoms with Crippen molar-refractivity contribution in [2.45, 2.75) is 12.8 Å². The molecule has 0 saturated carbocycles. The number of rotatable bonds is 4. The molecule has 0 radical (unpaired) electrons. The molecular formula is C12H19N3O3S. The summed E-state index contributed by atoms with van der Waals surface area (Å²) in [6.07, 6.45) is 1.84. The van der Waals surface area contributed by atoms with E-state index in [1.54, 1.807) is 0 Å². The fraction of sp³-hybridized carbons (Fsp3) is 0.583. The molecule has 6 nitrogen and oxygen atoms in total. The SMILES string of the molecule is COc1c(N2CCC(CO)CC2)sc(C(N)=O)c1N. The number of thiophene rings is 1. The van der Waals surface area contributed by atoms with E-state index in [9.17, 15) is 4.79 Å². The van der Waals surface area contributed by atoms with Crippen LogP contribution in [0.15, 0.2) is 0 Å². The lowest BCUT2D eigenvalue weighted by molar-refractivity contribution is 0.100. The van der Waals surface area contributed by atoms with E-state index in [0.717, 1.165) is 30.9 Å². The number of nitrogen functional groups attached to an aromatic ring is 1. The summed E-state index contributed by atoms with van der Waals surface area (Å²) in [5, 5.41) is 10.00. The second-order valence-corrected chi connectivity index (χ2v) is 5.66. The van der Waals surface area contributed by atoms with E-state index >= 15 is 0 Å². The van der Waals surface area contributed by atoms with Gasteiger partial charge in [0.1, 0.15) is 15.6 Å². The Morgan fingerprint density at radius 1 is 1.53 bits per heavy atom. The number of carbonyl (C=O) groups is 1. The summed E-state index contributed by atoms with van der Waals surface area (Å²) in [4.78, 5) is 13.8. The van der Waals surface area contributed by atoms with E-state index in [2.05, 4.69) is 4.90 Å². The van der Waals surface area contributed by atoms with E-state index in [1.807, 2.05) is 0 Å². The largest absolute Gasteiger partial charge is 0.492 e. The first kappa shape index (κ1) is 14.0. The summed E-state index contributed by atoms with van der Waals surface area (Å²) < 4.78 is 5.30. The van der Waals surface area contributed by atoms with Crippen molar-refractivity contribution in [3.05, 3.63) is 4.88 Å². The molecule has 1 aliphatic rings. The highest BCUT2D eigenvalue weighted by atomic mass is 32.1. The molecule has 2 heterocycles. The third-order valence-corrected chi connectivity index (χ3v) is 4.73. The smallest absolute Gasteiger partial charge is 0.261 e. The molecule has 106 valence electrons. The van der Waals surface area contributed by atoms with Gasteiger partial charge in [-0.25, -0.2) is 0 Å². The number of anilines is 2. The quantitative estimate of drug-likeness (QED) is 0.753. The number of hydrogen-bond donors (Lipinski definition) is 3. The normalized spacial score (nSPS) is 16.6. The van der Waals surface area contributed by atoms with Crippen LogP contribution in [0.25, 0.3) is 0 Å². The summed E-state index contributed by atoms with van der Waals surface area (Å²) in [5.41, 5.74) is 11.5. The standard InChI is InChI=1S/C12H19N3O3S/c1-18-9-8(13)10(11(14)17)19-12(9)15-4-2-7(6-16)3-5-15/h7,16H,2-6,13H2,1H3,(H2,14,17). The lowest BCUT2D eigenvalue weighted by Gasteiger charge is -2.32. The first-order chi connectivity index (χ1) is 9.08. The maximum Gasteiger partial charge on any atom is 0.261 e. The highest BCUT2D eigenvalue weighted by Crippen LogP contribution is 2.45. The van der Waals surface area contributed by atoms with Crippen LogP contribution in [0.5, 0.6) is 5.75 Å². The van der Waals surface area contributed by atoms with E-state index in [1.165, 1.54) is 18.4 Å². The van der Waals surface area contributed by atoms with E-state index in [-0.39, 0.29) is 6.61 Å². The molecule has 1 saturated heterocycles. The van der Waals surface area contributed by atoms with Gasteiger partial charge in [-0.2, -0.15) is 0 Å². The number of aliphatic hydroxyl groups is 1. The van der Waals surface area contributed by atoms with Crippen molar-refractivity contribution in [1.29, 1.82) is 0 Å². The number of nitrogens with two attached hydrogens (primary N) is 2. The van der Waals surface area contributed by atoms with Crippen molar-refractivity contribution in [3.63, 3.8) is 0 Å². The number of primary amides is 1. The van der Waals surface area contributed by atoms with E-state index < -0.39 is 5.91 Å². The number of nitrogens with zero attached hydrogens (tertiary/aromatic N) is 1. The number of methoxy groups -OCH3 is 1. The third-order valence-electron chi connectivity index (χ3n) is 3.47. The number of aliphatic hydroxyl groups excluding tert-OH is 1. The van der Waals surface area contributed by atoms with Crippen LogP contribution in [-0.4, -0.2) is 37.8 Å². The van der Waals surface area contributed by atoms with Gasteiger partial charge in [0.15, 0.2) is 5.75 Å². The summed E-state index contributed by atoms with van der Waals surface area (Å²) in [5.74, 6) is 0.355. The van der Waals surface area contributed by atoms with Crippen LogP contribution in [0.1, 0.15) is 22.5 Å². The number of hydrogen-bond acceptors (Lipinski definition) is 6. The number of amides is 1. The second kappa shape index (κ2) is 5.66. The highest BCUT2D eigenvalue weighted by Gasteiger charge is 2.27. The lowest BCUT2D eigenvalue weighted by Crippen LogP contribution is -2.34. The zero-order valence-electron chi connectivity index (χ0n) is 10.9. The molecule has 0 unspecified atom stereocenters. The average Bonchev–Trinajstić information content (AvgIpc) is 2.76. The van der Waals surface area contributed by atoms with Gasteiger partial charge in [0, 0.05) is 19.7 Å². The minimum Gasteiger partial charge on any atom is -0.492 e. The predicted molar refractivity (Wildman–Crippen MR) is 75.8 cm³/mol. The summed E-state index contributed by atoms with van der Waals surface area (Å²) in [6.45, 7) is 1.86. The first-order valence-electron chi connectivity index (χ1n) is 6.20. The zero-order valence-corrected chi connectivity index (χ0v) is 11.7. The van der Waals surface area contributed by atoms with Gasteiger partial charge in [-0.15, -0.1) is 11.3 Å². The topological polar surface area (TPSA) is 102 Å². The molecule has 0 bridgehead atoms. The van der Waals surface area contributed by atoms with Crippen LogP contribution >= 0.6 is 11.3 Å². The first-order valence-corrected chi connectivity index (χ1v) is 7.02. The number of piperidine rings is 1. The molecule has 1 fully saturated rings. The number of ether oxygens (including phenoxy) is 1. The second-order valence-electron chi connectivity index (χ2n) is 4.66. The Bertz CT molecular complexity index is 467. The monoisotopic (exact) mass is 285 g/mol. The van der Waals surface area contributed by atoms with Crippen LogP contribution in [0.4, 0.5) is 10.7 Å². The Kier molecular flexibility index (Phi) is 4.16. The molecule has 0 aliphatic carbocycles. The Hall–Kier alpha value is -1.47. The maximum absolute atomic E-state index is 11.3. The van der Waals surface area contributed by atoms with Gasteiger partial charge < -0.3 is 26.2 Å². The van der Waals surface area contributed by atoms with Crippen molar-refractivity contribution in [2.24, 2.45) is 11.7 Å². The maximum atomic E-state index is 11.3. The van der Waals surface area contributed by atoms with Crippen LogP contribution in [-0.2, 0) is 0 Å². The molecule has 1 aliphatic heterocycles. The molecule has 0 aromatic carbocycles. The van der Waals surface area contributed by atoms with Gasteiger partial charge in [0.2, 0.25) is 0 Å². The summed E-state index contributed by atoms with van der Waals surface area (Å²) in [6, 6.07) is 0. The molecular weight excluding hydrogens is 266 g/mol. The Morgan fingerprint density at radius 3 is 2.63 bits per heavy atom. The van der Waals surface area contributed by atoms with Crippen molar-refractivity contribution in [2.75, 3.05) is 37.4 Å². The van der Waals surface area contributed by atoms with Crippen molar-refractivity contribution in [1.82, 2.24) is 0 Å². The van der Waals surface area contributed by atoms with Gasteiger partial charge >= 0.3 is 0 Å². The van der Waals surface area contributed by atoms with Gasteiger partial charge in [0.25, 0.3) is 5.91 Å². The summed E-state index contributed by atoms with van der Waals surface area (Å²) in [7, 11) is 1.53. The fourth-order valence-electron chi connectivity index (χ4n) is 2.32. The highest BCUT2D eigenvalue weighted by molar-refractivity contribution is 7.19. The van der Waals surface area contributed by atoms with Crippen molar-refractivity contribution >= 4 is 27.9 Å². The van der Waals surface area contributed by atoms with E-state index in [0.29, 0.717) is 22.2 Å². The lowest BCUT2D eigenvalue weighted by atomic mass is 9.98. The zero-order chi connectivity index (χ0) is 14.0. The fourth-order valence-corrected chi connectivity index (χ4v) is 3.42. The van der Waals surface area contributed by atoms with Crippen molar-refractivity contribution in [3.8, 4) is 5.75 Å². The molecule has 0 spiro atoms. The van der Waals surface area contributed by atoms with Gasteiger partial charge in [-0.1, -0.05) is 0 Å². The molecule has 0 atom stereocenters. The molecule has 2 rings (SSSR count). The van der Waals surface area contributed by atoms with Crippen LogP contribution in [0.2, 0.25) is 0 Å². The minimum atomic E-state index is -0.530. The number of carbonyl (C=O) groups excluding carboxylic acids is 1. The van der Waals surface area contributed by atoms with Crippen molar-refractivity contribution < 1.29 is 14.6 Å². The van der Waals surface area contributed by atoms with Gasteiger partial charge in [-0.05, 0) is 18.8 Å². The van der Waals surface area contributed by atoms with Crippen LogP contribution < -0.4 is 21.1 Å². The third kappa shape index (κ3) is 2.62. The molecule has 19 heavy (non-hydrogen) atoms. The Morgan fingerprint density at radius 2 is 2.16 bits per heavy atom. The Labute approximate surface area is 115 Å².